The third-order valence-corrected chi connectivity index (χ3v) is 5.91. The number of nitrogens with zero attached hydrogens (tertiary/aromatic N) is 1. The number of hydrogen-bond acceptors (Lipinski definition) is 3. The van der Waals surface area contributed by atoms with Gasteiger partial charge in [0.05, 0.1) is 10.6 Å². The van der Waals surface area contributed by atoms with Gasteiger partial charge >= 0.3 is 0 Å². The van der Waals surface area contributed by atoms with Gasteiger partial charge in [0.2, 0.25) is 0 Å². The van der Waals surface area contributed by atoms with Gasteiger partial charge in [-0.2, -0.15) is 0 Å². The zero-order valence-corrected chi connectivity index (χ0v) is 13.3. The number of likely N-dealkylation sites (tertiary alicyclic amines) is 1. The molecule has 1 saturated heterocycles. The first kappa shape index (κ1) is 13.9. The van der Waals surface area contributed by atoms with Crippen molar-refractivity contribution in [1.29, 1.82) is 0 Å². The molecular formula is C16H24N2OS. The van der Waals surface area contributed by atoms with Gasteiger partial charge < -0.3 is 10.6 Å². The number of hydrogen-bond donors (Lipinski definition) is 1. The van der Waals surface area contributed by atoms with Crippen molar-refractivity contribution in [1.82, 2.24) is 4.90 Å². The number of thiophene rings is 1. The molecule has 110 valence electrons. The molecule has 1 amide bonds. The number of anilines is 1. The summed E-state index contributed by atoms with van der Waals surface area (Å²) in [6.07, 6.45) is 5.54. The van der Waals surface area contributed by atoms with Crippen LogP contribution in [-0.4, -0.2) is 23.9 Å². The topological polar surface area (TPSA) is 46.3 Å². The molecule has 1 aliphatic heterocycles. The maximum absolute atomic E-state index is 12.8. The number of carbonyl (C=O) groups is 1. The molecule has 0 bridgehead atoms. The number of rotatable bonds is 1. The second-order valence-corrected chi connectivity index (χ2v) is 7.70. The van der Waals surface area contributed by atoms with E-state index in [1.54, 1.807) is 11.3 Å². The molecule has 20 heavy (non-hydrogen) atoms. The molecule has 1 aromatic rings. The van der Waals surface area contributed by atoms with Crippen LogP contribution in [0.4, 0.5) is 5.00 Å². The summed E-state index contributed by atoms with van der Waals surface area (Å²) in [6.45, 7) is 6.33. The minimum Gasteiger partial charge on any atom is -0.390 e. The third-order valence-electron chi connectivity index (χ3n) is 4.82. The first-order valence-corrected chi connectivity index (χ1v) is 8.57. The fraction of sp³-hybridized carbons (Fsp3) is 0.688. The molecule has 2 aliphatic rings. The first-order valence-electron chi connectivity index (χ1n) is 7.75. The van der Waals surface area contributed by atoms with Crippen LogP contribution in [0.5, 0.6) is 0 Å². The van der Waals surface area contributed by atoms with Gasteiger partial charge in [-0.25, -0.2) is 0 Å². The van der Waals surface area contributed by atoms with Gasteiger partial charge in [-0.3, -0.25) is 4.79 Å². The average Bonchev–Trinajstić information content (AvgIpc) is 2.73. The number of carbonyl (C=O) groups excluding carboxylic acids is 1. The minimum absolute atomic E-state index is 0.182. The molecule has 2 heterocycles. The van der Waals surface area contributed by atoms with E-state index in [1.165, 1.54) is 16.9 Å². The number of piperidine rings is 1. The van der Waals surface area contributed by atoms with E-state index < -0.39 is 0 Å². The number of nitrogen functional groups attached to an aromatic ring is 1. The van der Waals surface area contributed by atoms with Crippen LogP contribution in [0, 0.1) is 11.8 Å². The zero-order valence-electron chi connectivity index (χ0n) is 12.4. The fourth-order valence-corrected chi connectivity index (χ4v) is 4.65. The summed E-state index contributed by atoms with van der Waals surface area (Å²) < 4.78 is 0. The van der Waals surface area contributed by atoms with E-state index in [2.05, 4.69) is 13.8 Å². The van der Waals surface area contributed by atoms with Crippen LogP contribution < -0.4 is 5.73 Å². The summed E-state index contributed by atoms with van der Waals surface area (Å²) in [5.41, 5.74) is 8.27. The van der Waals surface area contributed by atoms with E-state index in [4.69, 9.17) is 5.73 Å². The van der Waals surface area contributed by atoms with Crippen LogP contribution in [0.3, 0.4) is 0 Å². The summed E-state index contributed by atoms with van der Waals surface area (Å²) in [6, 6.07) is 0. The molecule has 0 radical (unpaired) electrons. The van der Waals surface area contributed by atoms with Gasteiger partial charge in [0, 0.05) is 18.0 Å². The first-order chi connectivity index (χ1) is 9.56. The van der Waals surface area contributed by atoms with Crippen molar-refractivity contribution in [2.75, 3.05) is 18.8 Å². The molecular weight excluding hydrogens is 268 g/mol. The highest BCUT2D eigenvalue weighted by molar-refractivity contribution is 7.16. The zero-order chi connectivity index (χ0) is 14.3. The highest BCUT2D eigenvalue weighted by Crippen LogP contribution is 2.38. The van der Waals surface area contributed by atoms with Crippen molar-refractivity contribution in [3.63, 3.8) is 0 Å². The summed E-state index contributed by atoms with van der Waals surface area (Å²) in [5.74, 6) is 1.65. The van der Waals surface area contributed by atoms with Crippen molar-refractivity contribution < 1.29 is 4.79 Å². The largest absolute Gasteiger partial charge is 0.390 e. The molecule has 0 aromatic carbocycles. The predicted octanol–water partition coefficient (Wildman–Crippen LogP) is 3.33. The smallest absolute Gasteiger partial charge is 0.257 e. The Morgan fingerprint density at radius 1 is 1.20 bits per heavy atom. The molecule has 1 atom stereocenters. The van der Waals surface area contributed by atoms with E-state index in [9.17, 15) is 4.79 Å². The van der Waals surface area contributed by atoms with E-state index in [0.717, 1.165) is 61.2 Å². The number of nitrogens with two attached hydrogens (primary N) is 1. The van der Waals surface area contributed by atoms with E-state index in [1.807, 2.05) is 4.90 Å². The Morgan fingerprint density at radius 2 is 1.90 bits per heavy atom. The lowest BCUT2D eigenvalue weighted by Gasteiger charge is -2.31. The SMILES string of the molecule is CC1CCN(C(=O)c2c(N)sc3c2CCC(C)C3)CC1. The molecule has 1 fully saturated rings. The van der Waals surface area contributed by atoms with Gasteiger partial charge in [-0.05, 0) is 49.5 Å². The Balaban J connectivity index is 1.85. The predicted molar refractivity (Wildman–Crippen MR) is 84.2 cm³/mol. The third kappa shape index (κ3) is 2.46. The lowest BCUT2D eigenvalue weighted by Crippen LogP contribution is -2.38. The Bertz CT molecular complexity index is 515. The Morgan fingerprint density at radius 3 is 2.60 bits per heavy atom. The normalized spacial score (nSPS) is 23.7. The summed E-state index contributed by atoms with van der Waals surface area (Å²) in [4.78, 5) is 16.2. The Kier molecular flexibility index (Phi) is 3.76. The Hall–Kier alpha value is -1.03. The lowest BCUT2D eigenvalue weighted by atomic mass is 9.88. The van der Waals surface area contributed by atoms with Crippen LogP contribution in [0.2, 0.25) is 0 Å². The van der Waals surface area contributed by atoms with Gasteiger partial charge in [-0.1, -0.05) is 13.8 Å². The standard InChI is InChI=1S/C16H24N2OS/c1-10-5-7-18(8-6-10)16(19)14-12-4-3-11(2)9-13(12)20-15(14)17/h10-11H,3-9,17H2,1-2H3. The van der Waals surface area contributed by atoms with Gasteiger partial charge in [-0.15, -0.1) is 11.3 Å². The van der Waals surface area contributed by atoms with Crippen molar-refractivity contribution >= 4 is 22.2 Å². The quantitative estimate of drug-likeness (QED) is 0.863. The second-order valence-electron chi connectivity index (χ2n) is 6.57. The highest BCUT2D eigenvalue weighted by atomic mass is 32.1. The summed E-state index contributed by atoms with van der Waals surface area (Å²) >= 11 is 1.64. The van der Waals surface area contributed by atoms with Crippen molar-refractivity contribution in [2.45, 2.75) is 46.0 Å². The van der Waals surface area contributed by atoms with Crippen LogP contribution in [0.15, 0.2) is 0 Å². The molecule has 1 aromatic heterocycles. The summed E-state index contributed by atoms with van der Waals surface area (Å²) in [5, 5.41) is 0.743. The molecule has 3 nitrogen and oxygen atoms in total. The van der Waals surface area contributed by atoms with E-state index >= 15 is 0 Å². The van der Waals surface area contributed by atoms with Crippen LogP contribution in [0.1, 0.15) is 53.9 Å². The minimum atomic E-state index is 0.182. The highest BCUT2D eigenvalue weighted by Gasteiger charge is 2.30. The van der Waals surface area contributed by atoms with E-state index in [0.29, 0.717) is 0 Å². The maximum atomic E-state index is 12.8. The molecule has 3 rings (SSSR count). The van der Waals surface area contributed by atoms with Crippen LogP contribution in [-0.2, 0) is 12.8 Å². The monoisotopic (exact) mass is 292 g/mol. The second kappa shape index (κ2) is 5.40. The molecule has 0 spiro atoms. The molecule has 4 heteroatoms. The molecule has 0 saturated carbocycles. The molecule has 1 unspecified atom stereocenters. The fourth-order valence-electron chi connectivity index (χ4n) is 3.38. The van der Waals surface area contributed by atoms with Crippen LogP contribution in [0.25, 0.3) is 0 Å². The van der Waals surface area contributed by atoms with Crippen molar-refractivity contribution in [3.8, 4) is 0 Å². The van der Waals surface area contributed by atoms with Crippen LogP contribution >= 0.6 is 11.3 Å². The Labute approximate surface area is 125 Å². The molecule has 1 aliphatic carbocycles. The average molecular weight is 292 g/mol. The maximum Gasteiger partial charge on any atom is 0.257 e. The summed E-state index contributed by atoms with van der Waals surface area (Å²) in [7, 11) is 0. The molecule has 2 N–H and O–H groups in total. The van der Waals surface area contributed by atoms with Crippen molar-refractivity contribution in [2.24, 2.45) is 11.8 Å². The van der Waals surface area contributed by atoms with Gasteiger partial charge in [0.15, 0.2) is 0 Å². The van der Waals surface area contributed by atoms with Crippen molar-refractivity contribution in [3.05, 3.63) is 16.0 Å². The van der Waals surface area contributed by atoms with E-state index in [-0.39, 0.29) is 5.91 Å². The van der Waals surface area contributed by atoms with Gasteiger partial charge in [0.1, 0.15) is 0 Å². The lowest BCUT2D eigenvalue weighted by molar-refractivity contribution is 0.0697. The number of amides is 1. The number of fused-ring (bicyclic) bond motifs is 1. The van der Waals surface area contributed by atoms with Gasteiger partial charge in [0.25, 0.3) is 5.91 Å².